The number of ether oxygens (including phenoxy) is 2. The molecule has 3 rings (SSSR count). The summed E-state index contributed by atoms with van der Waals surface area (Å²) in [5.74, 6) is -7.11. The number of methoxy groups -OCH3 is 2. The number of halogens is 5. The Bertz CT molecular complexity index is 1370. The average molecular weight is 579 g/mol. The molecule has 0 unspecified atom stereocenters. The molecule has 192 valence electrons. The highest BCUT2D eigenvalue weighted by Crippen LogP contribution is 2.37. The molecule has 0 atom stereocenters. The van der Waals surface area contributed by atoms with Crippen molar-refractivity contribution in [2.24, 2.45) is 0 Å². The number of sulfonamides is 1. The molecule has 36 heavy (non-hydrogen) atoms. The van der Waals surface area contributed by atoms with Gasteiger partial charge in [-0.25, -0.2) is 12.7 Å². The zero-order valence-electron chi connectivity index (χ0n) is 19.0. The third kappa shape index (κ3) is 6.21. The van der Waals surface area contributed by atoms with Crippen LogP contribution < -0.4 is 13.8 Å². The molecule has 0 aromatic heterocycles. The molecule has 0 aliphatic carbocycles. The third-order valence-corrected chi connectivity index (χ3v) is 7.69. The minimum Gasteiger partial charge on any atom is -0.493 e. The maximum atomic E-state index is 15.0. The van der Waals surface area contributed by atoms with E-state index in [1.54, 1.807) is 0 Å². The summed E-state index contributed by atoms with van der Waals surface area (Å²) in [7, 11) is -2.06. The maximum Gasteiger partial charge on any atom is 0.310 e. The standard InChI is InChI=1S/C24H20Cl3F2NO5S/c1-34-21-5-3-4-15(23(21)35-2)13-24(28,29)22(31)14-36(32,33)30(17-8-6-16(25)7-9-17)18-10-11-19(26)20(27)12-18/h3-12H,13-14H2,1-2H3. The van der Waals surface area contributed by atoms with Crippen molar-refractivity contribution in [2.45, 2.75) is 12.3 Å². The summed E-state index contributed by atoms with van der Waals surface area (Å²) in [5, 5.41) is 0.508. The summed E-state index contributed by atoms with van der Waals surface area (Å²) in [6.45, 7) is 0. The lowest BCUT2D eigenvalue weighted by Gasteiger charge is -2.26. The Morgan fingerprint density at radius 3 is 2.14 bits per heavy atom. The molecule has 0 aliphatic heterocycles. The molecule has 0 saturated heterocycles. The van der Waals surface area contributed by atoms with E-state index in [4.69, 9.17) is 44.3 Å². The van der Waals surface area contributed by atoms with E-state index < -0.39 is 33.9 Å². The second-order valence-corrected chi connectivity index (χ2v) is 10.6. The van der Waals surface area contributed by atoms with Gasteiger partial charge in [0.2, 0.25) is 15.8 Å². The topological polar surface area (TPSA) is 72.9 Å². The fourth-order valence-corrected chi connectivity index (χ4v) is 5.39. The molecular formula is C24H20Cl3F2NO5S. The number of rotatable bonds is 10. The Morgan fingerprint density at radius 2 is 1.56 bits per heavy atom. The molecule has 0 saturated carbocycles. The van der Waals surface area contributed by atoms with Gasteiger partial charge in [-0.2, -0.15) is 8.78 Å². The molecule has 0 spiro atoms. The zero-order chi connectivity index (χ0) is 26.7. The first-order valence-electron chi connectivity index (χ1n) is 10.2. The normalized spacial score (nSPS) is 11.8. The summed E-state index contributed by atoms with van der Waals surface area (Å²) in [6.07, 6.45) is -1.09. The van der Waals surface area contributed by atoms with E-state index in [1.807, 2.05) is 0 Å². The Kier molecular flexibility index (Phi) is 8.71. The molecule has 6 nitrogen and oxygen atoms in total. The van der Waals surface area contributed by atoms with Crippen molar-refractivity contribution in [3.8, 4) is 11.5 Å². The zero-order valence-corrected chi connectivity index (χ0v) is 22.1. The first-order chi connectivity index (χ1) is 16.9. The molecule has 0 heterocycles. The Morgan fingerprint density at radius 1 is 0.917 bits per heavy atom. The lowest BCUT2D eigenvalue weighted by molar-refractivity contribution is -0.140. The van der Waals surface area contributed by atoms with Crippen LogP contribution >= 0.6 is 34.8 Å². The fraction of sp³-hybridized carbons (Fsp3) is 0.208. The molecule has 0 N–H and O–H groups in total. The Hall–Kier alpha value is -2.59. The van der Waals surface area contributed by atoms with E-state index in [0.717, 1.165) is 4.31 Å². The highest BCUT2D eigenvalue weighted by Gasteiger charge is 2.43. The van der Waals surface area contributed by atoms with Crippen molar-refractivity contribution < 1.29 is 31.5 Å². The SMILES string of the molecule is COc1cccc(CC(F)(F)C(=O)CS(=O)(=O)N(c2ccc(Cl)cc2)c2ccc(Cl)c(Cl)c2)c1OC. The van der Waals surface area contributed by atoms with Crippen LogP contribution in [0.4, 0.5) is 20.2 Å². The van der Waals surface area contributed by atoms with Gasteiger partial charge in [-0.3, -0.25) is 4.79 Å². The van der Waals surface area contributed by atoms with E-state index in [1.165, 1.54) is 74.9 Å². The summed E-state index contributed by atoms with van der Waals surface area (Å²) in [5.41, 5.74) is 0.0345. The minimum absolute atomic E-state index is 0.00250. The number of hydrogen-bond acceptors (Lipinski definition) is 5. The molecule has 12 heteroatoms. The Balaban J connectivity index is 1.97. The first-order valence-corrected chi connectivity index (χ1v) is 13.0. The molecule has 0 amide bonds. The molecule has 0 aliphatic rings. The predicted octanol–water partition coefficient (Wildman–Crippen LogP) is 6.58. The number of benzene rings is 3. The highest BCUT2D eigenvalue weighted by atomic mass is 35.5. The molecule has 3 aromatic carbocycles. The molecule has 0 fully saturated rings. The van der Waals surface area contributed by atoms with Gasteiger partial charge in [0.05, 0.1) is 35.6 Å². The van der Waals surface area contributed by atoms with Gasteiger partial charge in [0, 0.05) is 17.0 Å². The highest BCUT2D eigenvalue weighted by molar-refractivity contribution is 7.93. The number of carbonyl (C=O) groups is 1. The van der Waals surface area contributed by atoms with Crippen LogP contribution in [-0.2, 0) is 21.2 Å². The number of anilines is 2. The summed E-state index contributed by atoms with van der Waals surface area (Å²) < 4.78 is 67.8. The van der Waals surface area contributed by atoms with Gasteiger partial charge in [0.15, 0.2) is 11.5 Å². The van der Waals surface area contributed by atoms with Crippen LogP contribution in [0.15, 0.2) is 60.7 Å². The van der Waals surface area contributed by atoms with Crippen molar-refractivity contribution in [1.29, 1.82) is 0 Å². The van der Waals surface area contributed by atoms with Crippen LogP contribution in [0.2, 0.25) is 15.1 Å². The van der Waals surface area contributed by atoms with Crippen LogP contribution in [0.3, 0.4) is 0 Å². The lowest BCUT2D eigenvalue weighted by atomic mass is 10.0. The van der Waals surface area contributed by atoms with Crippen molar-refractivity contribution in [2.75, 3.05) is 24.3 Å². The van der Waals surface area contributed by atoms with Crippen molar-refractivity contribution >= 4 is 62.0 Å². The van der Waals surface area contributed by atoms with E-state index in [9.17, 15) is 13.2 Å². The van der Waals surface area contributed by atoms with Crippen molar-refractivity contribution in [3.05, 3.63) is 81.3 Å². The second-order valence-electron chi connectivity index (χ2n) is 7.55. The maximum absolute atomic E-state index is 15.0. The second kappa shape index (κ2) is 11.2. The van der Waals surface area contributed by atoms with Gasteiger partial charge in [-0.15, -0.1) is 0 Å². The first kappa shape index (κ1) is 28.0. The number of alkyl halides is 2. The van der Waals surface area contributed by atoms with Gasteiger partial charge in [-0.1, -0.05) is 46.9 Å². The van der Waals surface area contributed by atoms with Gasteiger partial charge < -0.3 is 9.47 Å². The number of hydrogen-bond donors (Lipinski definition) is 0. The van der Waals surface area contributed by atoms with Crippen LogP contribution in [0.1, 0.15) is 5.56 Å². The summed E-state index contributed by atoms with van der Waals surface area (Å²) in [6, 6.07) is 13.8. The van der Waals surface area contributed by atoms with Crippen LogP contribution in [0.5, 0.6) is 11.5 Å². The van der Waals surface area contributed by atoms with Crippen LogP contribution in [0, 0.1) is 0 Å². The number of nitrogens with zero attached hydrogens (tertiary/aromatic N) is 1. The third-order valence-electron chi connectivity index (χ3n) is 5.10. The van der Waals surface area contributed by atoms with Crippen molar-refractivity contribution in [1.82, 2.24) is 0 Å². The van der Waals surface area contributed by atoms with Gasteiger partial charge in [-0.05, 0) is 48.5 Å². The van der Waals surface area contributed by atoms with E-state index in [0.29, 0.717) is 5.02 Å². The van der Waals surface area contributed by atoms with E-state index in [-0.39, 0.29) is 38.5 Å². The molecule has 3 aromatic rings. The number of Topliss-reactive ketones (excluding diaryl/α,β-unsaturated/α-hetero) is 1. The number of para-hydroxylation sites is 1. The van der Waals surface area contributed by atoms with Crippen molar-refractivity contribution in [3.63, 3.8) is 0 Å². The van der Waals surface area contributed by atoms with Gasteiger partial charge >= 0.3 is 5.92 Å². The van der Waals surface area contributed by atoms with E-state index >= 15 is 8.78 Å². The van der Waals surface area contributed by atoms with Gasteiger partial charge in [0.1, 0.15) is 5.75 Å². The number of carbonyl (C=O) groups excluding carboxylic acids is 1. The predicted molar refractivity (Wildman–Crippen MR) is 137 cm³/mol. The molecule has 0 bridgehead atoms. The largest absolute Gasteiger partial charge is 0.493 e. The molecular weight excluding hydrogens is 559 g/mol. The molecule has 0 radical (unpaired) electrons. The smallest absolute Gasteiger partial charge is 0.310 e. The lowest BCUT2D eigenvalue weighted by Crippen LogP contribution is -2.40. The fourth-order valence-electron chi connectivity index (χ4n) is 3.42. The monoisotopic (exact) mass is 577 g/mol. The quantitative estimate of drug-likeness (QED) is 0.272. The summed E-state index contributed by atoms with van der Waals surface area (Å²) in [4.78, 5) is 12.7. The van der Waals surface area contributed by atoms with Crippen LogP contribution in [0.25, 0.3) is 0 Å². The van der Waals surface area contributed by atoms with Crippen LogP contribution in [-0.4, -0.2) is 40.1 Å². The Labute approximate surface area is 222 Å². The van der Waals surface area contributed by atoms with Gasteiger partial charge in [0.25, 0.3) is 0 Å². The number of ketones is 1. The summed E-state index contributed by atoms with van der Waals surface area (Å²) >= 11 is 17.9. The minimum atomic E-state index is -4.67. The average Bonchev–Trinajstić information content (AvgIpc) is 2.81. The van der Waals surface area contributed by atoms with E-state index in [2.05, 4.69) is 0 Å².